The number of piperidine rings is 1. The zero-order valence-electron chi connectivity index (χ0n) is 15.1. The molecule has 2 N–H and O–H groups in total. The molecule has 7 nitrogen and oxygen atoms in total. The van der Waals surface area contributed by atoms with Crippen molar-refractivity contribution in [1.29, 1.82) is 0 Å². The number of fused-ring (bicyclic) bond motifs is 1. The number of hydrogen-bond acceptors (Lipinski definition) is 4. The molecule has 1 amide bonds. The van der Waals surface area contributed by atoms with E-state index in [9.17, 15) is 4.79 Å². The van der Waals surface area contributed by atoms with Gasteiger partial charge in [0.1, 0.15) is 0 Å². The van der Waals surface area contributed by atoms with Gasteiger partial charge in [-0.1, -0.05) is 0 Å². The van der Waals surface area contributed by atoms with E-state index in [0.717, 1.165) is 42.5 Å². The maximum atomic E-state index is 12.6. The minimum Gasteiger partial charge on any atom is -0.321 e. The molecule has 26 heavy (non-hydrogen) atoms. The van der Waals surface area contributed by atoms with Crippen LogP contribution in [0.5, 0.6) is 0 Å². The Labute approximate surface area is 152 Å². The third-order valence-corrected chi connectivity index (χ3v) is 4.83. The summed E-state index contributed by atoms with van der Waals surface area (Å²) < 4.78 is 3.86. The van der Waals surface area contributed by atoms with Crippen LogP contribution in [-0.2, 0) is 0 Å². The van der Waals surface area contributed by atoms with Gasteiger partial charge in [-0.3, -0.25) is 14.2 Å². The molecular weight excluding hydrogens is 328 g/mol. The second-order valence-electron chi connectivity index (χ2n) is 7.09. The number of nitrogens with one attached hydrogen (secondary N) is 2. The fourth-order valence-corrected chi connectivity index (χ4v) is 3.44. The number of benzene rings is 1. The van der Waals surface area contributed by atoms with Crippen molar-refractivity contribution in [2.45, 2.75) is 38.8 Å². The van der Waals surface area contributed by atoms with Gasteiger partial charge < -0.3 is 10.6 Å². The van der Waals surface area contributed by atoms with Crippen molar-refractivity contribution in [3.05, 3.63) is 42.4 Å². The molecule has 7 heteroatoms. The Morgan fingerprint density at radius 3 is 3.00 bits per heavy atom. The van der Waals surface area contributed by atoms with Gasteiger partial charge in [-0.2, -0.15) is 10.2 Å². The lowest BCUT2D eigenvalue weighted by atomic mass is 10.1. The van der Waals surface area contributed by atoms with E-state index in [-0.39, 0.29) is 11.9 Å². The van der Waals surface area contributed by atoms with Gasteiger partial charge >= 0.3 is 0 Å². The van der Waals surface area contributed by atoms with E-state index in [4.69, 9.17) is 0 Å². The molecule has 1 saturated heterocycles. The molecule has 1 aliphatic rings. The van der Waals surface area contributed by atoms with Crippen LogP contribution in [-0.4, -0.2) is 38.6 Å². The summed E-state index contributed by atoms with van der Waals surface area (Å²) in [6.07, 6.45) is 5.96. The van der Waals surface area contributed by atoms with Crippen LogP contribution in [0.2, 0.25) is 0 Å². The molecule has 0 spiro atoms. The SMILES string of the molecule is CC(C)n1ncc2ccc(NC(=O)c3ccn(C4CCCNC4)n3)cc21. The lowest BCUT2D eigenvalue weighted by molar-refractivity contribution is 0.102. The van der Waals surface area contributed by atoms with Gasteiger partial charge in [0.25, 0.3) is 5.91 Å². The summed E-state index contributed by atoms with van der Waals surface area (Å²) in [7, 11) is 0. The minimum absolute atomic E-state index is 0.192. The fraction of sp³-hybridized carbons (Fsp3) is 0.421. The molecule has 3 aromatic rings. The summed E-state index contributed by atoms with van der Waals surface area (Å²) in [6.45, 7) is 6.13. The highest BCUT2D eigenvalue weighted by atomic mass is 16.1. The Balaban J connectivity index is 1.52. The molecule has 1 unspecified atom stereocenters. The van der Waals surface area contributed by atoms with Crippen LogP contribution >= 0.6 is 0 Å². The molecular formula is C19H24N6O. The monoisotopic (exact) mass is 352 g/mol. The number of aromatic nitrogens is 4. The first kappa shape index (κ1) is 16.8. The average Bonchev–Trinajstić information content (AvgIpc) is 3.29. The third-order valence-electron chi connectivity index (χ3n) is 4.83. The standard InChI is InChI=1S/C19H24N6O/c1-13(2)25-18-10-15(6-5-14(18)11-21-25)22-19(26)17-7-9-24(23-17)16-4-3-8-20-12-16/h5-7,9-11,13,16,20H,3-4,8,12H2,1-2H3,(H,22,26). The first-order valence-corrected chi connectivity index (χ1v) is 9.16. The van der Waals surface area contributed by atoms with E-state index in [0.29, 0.717) is 11.7 Å². The number of nitrogens with zero attached hydrogens (tertiary/aromatic N) is 4. The average molecular weight is 352 g/mol. The molecule has 0 aliphatic carbocycles. The Morgan fingerprint density at radius 2 is 2.23 bits per heavy atom. The summed E-state index contributed by atoms with van der Waals surface area (Å²) in [5, 5.41) is 16.3. The molecule has 0 radical (unpaired) electrons. The Kier molecular flexibility index (Phi) is 4.46. The maximum absolute atomic E-state index is 12.6. The van der Waals surface area contributed by atoms with Gasteiger partial charge in [0, 0.05) is 29.9 Å². The molecule has 136 valence electrons. The molecule has 2 aromatic heterocycles. The Bertz CT molecular complexity index is 919. The predicted molar refractivity (Wildman–Crippen MR) is 101 cm³/mol. The van der Waals surface area contributed by atoms with Crippen LogP contribution in [0.1, 0.15) is 49.3 Å². The molecule has 1 aromatic carbocycles. The molecule has 0 bridgehead atoms. The van der Waals surface area contributed by atoms with Crippen LogP contribution < -0.4 is 10.6 Å². The first-order chi connectivity index (χ1) is 12.6. The predicted octanol–water partition coefficient (Wildman–Crippen LogP) is 2.99. The zero-order chi connectivity index (χ0) is 18.1. The van der Waals surface area contributed by atoms with Crippen molar-refractivity contribution in [3.8, 4) is 0 Å². The van der Waals surface area contributed by atoms with Crippen molar-refractivity contribution in [2.75, 3.05) is 18.4 Å². The summed E-state index contributed by atoms with van der Waals surface area (Å²) >= 11 is 0. The van der Waals surface area contributed by atoms with Crippen LogP contribution in [0.4, 0.5) is 5.69 Å². The highest BCUT2D eigenvalue weighted by molar-refractivity contribution is 6.03. The van der Waals surface area contributed by atoms with Gasteiger partial charge in [-0.15, -0.1) is 0 Å². The van der Waals surface area contributed by atoms with Crippen molar-refractivity contribution >= 4 is 22.5 Å². The summed E-state index contributed by atoms with van der Waals surface area (Å²) in [4.78, 5) is 12.6. The van der Waals surface area contributed by atoms with Gasteiger partial charge in [0.2, 0.25) is 0 Å². The van der Waals surface area contributed by atoms with E-state index in [2.05, 4.69) is 34.7 Å². The lowest BCUT2D eigenvalue weighted by Crippen LogP contribution is -2.32. The number of carbonyl (C=O) groups excluding carboxylic acids is 1. The lowest BCUT2D eigenvalue weighted by Gasteiger charge is -2.22. The Morgan fingerprint density at radius 1 is 1.35 bits per heavy atom. The molecule has 4 rings (SSSR count). The third kappa shape index (κ3) is 3.22. The number of amides is 1. The van der Waals surface area contributed by atoms with Gasteiger partial charge in [-0.05, 0) is 57.5 Å². The largest absolute Gasteiger partial charge is 0.321 e. The Hall–Kier alpha value is -2.67. The highest BCUT2D eigenvalue weighted by Crippen LogP contribution is 2.22. The zero-order valence-corrected chi connectivity index (χ0v) is 15.1. The van der Waals surface area contributed by atoms with Crippen molar-refractivity contribution in [3.63, 3.8) is 0 Å². The van der Waals surface area contributed by atoms with E-state index in [1.807, 2.05) is 40.0 Å². The van der Waals surface area contributed by atoms with Crippen molar-refractivity contribution in [1.82, 2.24) is 24.9 Å². The number of hydrogen-bond donors (Lipinski definition) is 2. The van der Waals surface area contributed by atoms with E-state index in [1.54, 1.807) is 6.07 Å². The van der Waals surface area contributed by atoms with Crippen LogP contribution in [0.3, 0.4) is 0 Å². The van der Waals surface area contributed by atoms with E-state index in [1.165, 1.54) is 0 Å². The number of anilines is 1. The highest BCUT2D eigenvalue weighted by Gasteiger charge is 2.18. The second-order valence-corrected chi connectivity index (χ2v) is 7.09. The van der Waals surface area contributed by atoms with Gasteiger partial charge in [-0.25, -0.2) is 0 Å². The smallest absolute Gasteiger partial charge is 0.276 e. The molecule has 1 fully saturated rings. The molecule has 3 heterocycles. The van der Waals surface area contributed by atoms with E-state index >= 15 is 0 Å². The first-order valence-electron chi connectivity index (χ1n) is 9.16. The van der Waals surface area contributed by atoms with Gasteiger partial charge in [0.05, 0.1) is 17.8 Å². The van der Waals surface area contributed by atoms with Gasteiger partial charge in [0.15, 0.2) is 5.69 Å². The van der Waals surface area contributed by atoms with Crippen molar-refractivity contribution in [2.24, 2.45) is 0 Å². The minimum atomic E-state index is -0.192. The molecule has 1 aliphatic heterocycles. The molecule has 0 saturated carbocycles. The maximum Gasteiger partial charge on any atom is 0.276 e. The fourth-order valence-electron chi connectivity index (χ4n) is 3.44. The van der Waals surface area contributed by atoms with Crippen LogP contribution in [0, 0.1) is 0 Å². The topological polar surface area (TPSA) is 76.8 Å². The van der Waals surface area contributed by atoms with Crippen LogP contribution in [0.25, 0.3) is 10.9 Å². The van der Waals surface area contributed by atoms with E-state index < -0.39 is 0 Å². The normalized spacial score (nSPS) is 17.7. The number of carbonyl (C=O) groups is 1. The van der Waals surface area contributed by atoms with Crippen LogP contribution in [0.15, 0.2) is 36.7 Å². The summed E-state index contributed by atoms with van der Waals surface area (Å²) in [5.74, 6) is -0.192. The molecule has 1 atom stereocenters. The summed E-state index contributed by atoms with van der Waals surface area (Å²) in [5.41, 5.74) is 2.20. The quantitative estimate of drug-likeness (QED) is 0.757. The number of rotatable bonds is 4. The van der Waals surface area contributed by atoms with Crippen molar-refractivity contribution < 1.29 is 4.79 Å². The second kappa shape index (κ2) is 6.92. The summed E-state index contributed by atoms with van der Waals surface area (Å²) in [6, 6.07) is 8.20.